The first-order valence-corrected chi connectivity index (χ1v) is 7.96. The van der Waals surface area contributed by atoms with Crippen LogP contribution in [0.2, 0.25) is 5.02 Å². The van der Waals surface area contributed by atoms with Crippen LogP contribution in [0.5, 0.6) is 11.5 Å². The molecule has 1 amide bonds. The Morgan fingerprint density at radius 1 is 1.04 bits per heavy atom. The van der Waals surface area contributed by atoms with E-state index < -0.39 is 0 Å². The van der Waals surface area contributed by atoms with E-state index in [1.54, 1.807) is 43.5 Å². The molecule has 0 fully saturated rings. The van der Waals surface area contributed by atoms with E-state index in [0.29, 0.717) is 27.8 Å². The third-order valence-corrected chi connectivity index (χ3v) is 3.98. The lowest BCUT2D eigenvalue weighted by Crippen LogP contribution is -2.15. The number of anilines is 1. The van der Waals surface area contributed by atoms with Crippen molar-refractivity contribution in [3.63, 3.8) is 0 Å². The highest BCUT2D eigenvalue weighted by molar-refractivity contribution is 6.31. The smallest absolute Gasteiger partial charge is 0.259 e. The summed E-state index contributed by atoms with van der Waals surface area (Å²) in [5.74, 6) is 0.744. The summed E-state index contributed by atoms with van der Waals surface area (Å²) < 4.78 is 12.4. The van der Waals surface area contributed by atoms with Gasteiger partial charge >= 0.3 is 0 Å². The Morgan fingerprint density at radius 3 is 2.48 bits per heavy atom. The van der Waals surface area contributed by atoms with Crippen molar-refractivity contribution < 1.29 is 14.3 Å². The zero-order valence-electron chi connectivity index (χ0n) is 13.8. The third kappa shape index (κ3) is 3.61. The number of benzene rings is 2. The largest absolute Gasteiger partial charge is 0.497 e. The molecule has 0 spiro atoms. The van der Waals surface area contributed by atoms with Crippen molar-refractivity contribution in [1.29, 1.82) is 0 Å². The molecule has 6 heteroatoms. The van der Waals surface area contributed by atoms with E-state index in [2.05, 4.69) is 5.32 Å². The molecular weight excluding hydrogens is 340 g/mol. The summed E-state index contributed by atoms with van der Waals surface area (Å²) >= 11 is 6.11. The van der Waals surface area contributed by atoms with Crippen molar-refractivity contribution in [1.82, 2.24) is 4.57 Å². The van der Waals surface area contributed by atoms with E-state index in [4.69, 9.17) is 21.1 Å². The number of carbonyl (C=O) groups excluding carboxylic acids is 1. The van der Waals surface area contributed by atoms with Gasteiger partial charge in [0.25, 0.3) is 5.91 Å². The van der Waals surface area contributed by atoms with Crippen LogP contribution in [0.15, 0.2) is 60.9 Å². The summed E-state index contributed by atoms with van der Waals surface area (Å²) in [6.45, 7) is 0. The summed E-state index contributed by atoms with van der Waals surface area (Å²) in [5.41, 5.74) is 1.79. The van der Waals surface area contributed by atoms with E-state index in [0.717, 1.165) is 5.69 Å². The third-order valence-electron chi connectivity index (χ3n) is 3.74. The van der Waals surface area contributed by atoms with Crippen LogP contribution in [-0.2, 0) is 0 Å². The molecule has 0 aliphatic rings. The number of carbonyl (C=O) groups is 1. The van der Waals surface area contributed by atoms with E-state index in [9.17, 15) is 4.79 Å². The Morgan fingerprint density at radius 2 is 1.80 bits per heavy atom. The lowest BCUT2D eigenvalue weighted by atomic mass is 10.1. The van der Waals surface area contributed by atoms with Crippen molar-refractivity contribution >= 4 is 23.2 Å². The molecule has 1 heterocycles. The van der Waals surface area contributed by atoms with Gasteiger partial charge in [0.2, 0.25) is 0 Å². The molecular formula is C19H17ClN2O3. The van der Waals surface area contributed by atoms with Crippen LogP contribution < -0.4 is 14.8 Å². The van der Waals surface area contributed by atoms with Crippen LogP contribution >= 0.6 is 11.6 Å². The summed E-state index contributed by atoms with van der Waals surface area (Å²) in [7, 11) is 3.07. The molecule has 3 rings (SSSR count). The van der Waals surface area contributed by atoms with Crippen molar-refractivity contribution in [3.05, 3.63) is 71.5 Å². The normalized spacial score (nSPS) is 10.4. The summed E-state index contributed by atoms with van der Waals surface area (Å²) in [6, 6.07) is 14.2. The fourth-order valence-corrected chi connectivity index (χ4v) is 2.67. The zero-order chi connectivity index (χ0) is 17.8. The van der Waals surface area contributed by atoms with Crippen LogP contribution in [-0.4, -0.2) is 24.7 Å². The zero-order valence-corrected chi connectivity index (χ0v) is 14.6. The second kappa shape index (κ2) is 7.32. The fourth-order valence-electron chi connectivity index (χ4n) is 2.50. The summed E-state index contributed by atoms with van der Waals surface area (Å²) in [5, 5.41) is 3.50. The molecule has 5 nitrogen and oxygen atoms in total. The van der Waals surface area contributed by atoms with Gasteiger partial charge in [-0.3, -0.25) is 4.79 Å². The molecule has 1 N–H and O–H groups in total. The minimum atomic E-state index is -0.300. The second-order valence-corrected chi connectivity index (χ2v) is 5.71. The first kappa shape index (κ1) is 16.9. The summed E-state index contributed by atoms with van der Waals surface area (Å²) in [4.78, 5) is 12.8. The van der Waals surface area contributed by atoms with Gasteiger partial charge in [-0.1, -0.05) is 11.6 Å². The average Bonchev–Trinajstić information content (AvgIpc) is 3.17. The number of amides is 1. The molecule has 2 aromatic carbocycles. The van der Waals surface area contributed by atoms with Crippen LogP contribution in [0.1, 0.15) is 10.4 Å². The Balaban J connectivity index is 1.97. The van der Waals surface area contributed by atoms with Crippen LogP contribution in [0.25, 0.3) is 5.69 Å². The molecule has 0 saturated carbocycles. The maximum atomic E-state index is 12.8. The molecule has 0 aliphatic carbocycles. The average molecular weight is 357 g/mol. The Kier molecular flexibility index (Phi) is 4.95. The Labute approximate surface area is 150 Å². The first-order chi connectivity index (χ1) is 12.1. The van der Waals surface area contributed by atoms with E-state index >= 15 is 0 Å². The van der Waals surface area contributed by atoms with Gasteiger partial charge in [0.05, 0.1) is 31.2 Å². The molecule has 0 saturated heterocycles. The van der Waals surface area contributed by atoms with E-state index in [1.807, 2.05) is 29.1 Å². The molecule has 128 valence electrons. The minimum absolute atomic E-state index is 0.300. The minimum Gasteiger partial charge on any atom is -0.497 e. The monoisotopic (exact) mass is 356 g/mol. The van der Waals surface area contributed by atoms with E-state index in [1.165, 1.54) is 7.11 Å². The fraction of sp³-hybridized carbons (Fsp3) is 0.105. The standard InChI is InChI=1S/C19H17ClN2O3/c1-24-14-6-8-18(25-2)15(12-14)19(23)21-16-7-5-13(20)11-17(16)22-9-3-4-10-22/h3-12H,1-2H3,(H,21,23). The predicted octanol–water partition coefficient (Wildman–Crippen LogP) is 4.40. The van der Waals surface area contributed by atoms with Gasteiger partial charge in [-0.05, 0) is 48.5 Å². The SMILES string of the molecule is COc1ccc(OC)c(C(=O)Nc2ccc(Cl)cc2-n2cccc2)c1. The van der Waals surface area contributed by atoms with Crippen LogP contribution in [0.3, 0.4) is 0 Å². The lowest BCUT2D eigenvalue weighted by molar-refractivity contribution is 0.102. The van der Waals surface area contributed by atoms with Gasteiger partial charge in [-0.25, -0.2) is 0 Å². The Hall–Kier alpha value is -2.92. The second-order valence-electron chi connectivity index (χ2n) is 5.27. The van der Waals surface area contributed by atoms with Gasteiger partial charge in [0.15, 0.2) is 0 Å². The molecule has 0 atom stereocenters. The number of methoxy groups -OCH3 is 2. The number of nitrogens with one attached hydrogen (secondary N) is 1. The van der Waals surface area contributed by atoms with Crippen molar-refractivity contribution in [3.8, 4) is 17.2 Å². The van der Waals surface area contributed by atoms with Gasteiger partial charge in [-0.2, -0.15) is 0 Å². The first-order valence-electron chi connectivity index (χ1n) is 7.58. The van der Waals surface area contributed by atoms with Gasteiger partial charge in [0, 0.05) is 17.4 Å². The topological polar surface area (TPSA) is 52.5 Å². The molecule has 3 aromatic rings. The highest BCUT2D eigenvalue weighted by Crippen LogP contribution is 2.28. The lowest BCUT2D eigenvalue weighted by Gasteiger charge is -2.14. The quantitative estimate of drug-likeness (QED) is 0.737. The number of rotatable bonds is 5. The molecule has 0 unspecified atom stereocenters. The number of ether oxygens (including phenoxy) is 2. The Bertz CT molecular complexity index is 892. The van der Waals surface area contributed by atoms with Crippen molar-refractivity contribution in [2.24, 2.45) is 0 Å². The van der Waals surface area contributed by atoms with Gasteiger partial charge < -0.3 is 19.4 Å². The van der Waals surface area contributed by atoms with E-state index in [-0.39, 0.29) is 5.91 Å². The molecule has 25 heavy (non-hydrogen) atoms. The molecule has 0 aliphatic heterocycles. The number of hydrogen-bond donors (Lipinski definition) is 1. The predicted molar refractivity (Wildman–Crippen MR) is 98.3 cm³/mol. The van der Waals surface area contributed by atoms with Crippen LogP contribution in [0, 0.1) is 0 Å². The van der Waals surface area contributed by atoms with Crippen LogP contribution in [0.4, 0.5) is 5.69 Å². The van der Waals surface area contributed by atoms with Gasteiger partial charge in [-0.15, -0.1) is 0 Å². The molecule has 0 radical (unpaired) electrons. The number of aromatic nitrogens is 1. The maximum absolute atomic E-state index is 12.8. The molecule has 0 bridgehead atoms. The maximum Gasteiger partial charge on any atom is 0.259 e. The highest BCUT2D eigenvalue weighted by Gasteiger charge is 2.16. The van der Waals surface area contributed by atoms with Crippen molar-refractivity contribution in [2.75, 3.05) is 19.5 Å². The number of halogens is 1. The highest BCUT2D eigenvalue weighted by atomic mass is 35.5. The van der Waals surface area contributed by atoms with Gasteiger partial charge in [0.1, 0.15) is 11.5 Å². The van der Waals surface area contributed by atoms with Crippen molar-refractivity contribution in [2.45, 2.75) is 0 Å². The number of nitrogens with zero attached hydrogens (tertiary/aromatic N) is 1. The number of hydrogen-bond acceptors (Lipinski definition) is 3. The summed E-state index contributed by atoms with van der Waals surface area (Å²) in [6.07, 6.45) is 3.76. The molecule has 1 aromatic heterocycles.